The van der Waals surface area contributed by atoms with E-state index in [-0.39, 0.29) is 18.9 Å². The molecule has 0 aliphatic heterocycles. The Bertz CT molecular complexity index is 217. The lowest BCUT2D eigenvalue weighted by molar-refractivity contribution is -0.0361. The van der Waals surface area contributed by atoms with E-state index < -0.39 is 6.29 Å². The lowest BCUT2D eigenvalue weighted by atomic mass is 10.4. The molecular formula is C7H10N2O3. The van der Waals surface area contributed by atoms with Gasteiger partial charge in [-0.1, -0.05) is 0 Å². The van der Waals surface area contributed by atoms with Crippen molar-refractivity contribution in [2.45, 2.75) is 12.7 Å². The van der Waals surface area contributed by atoms with E-state index in [0.717, 1.165) is 0 Å². The minimum atomic E-state index is -1.02. The first kappa shape index (κ1) is 8.89. The van der Waals surface area contributed by atoms with Crippen LogP contribution in [0.25, 0.3) is 0 Å². The second-order valence-corrected chi connectivity index (χ2v) is 2.15. The molecule has 0 aliphatic rings. The molecule has 5 nitrogen and oxygen atoms in total. The van der Waals surface area contributed by atoms with Gasteiger partial charge in [0.1, 0.15) is 0 Å². The molecule has 1 heterocycles. The molecule has 0 radical (unpaired) electrons. The Kier molecular flexibility index (Phi) is 3.43. The molecule has 0 aliphatic carbocycles. The summed E-state index contributed by atoms with van der Waals surface area (Å²) in [6.45, 7) is -0.124. The quantitative estimate of drug-likeness (QED) is 0.599. The highest BCUT2D eigenvalue weighted by molar-refractivity contribution is 5.05. The molecule has 2 N–H and O–H groups in total. The molecule has 0 saturated heterocycles. The molecule has 12 heavy (non-hydrogen) atoms. The first-order valence-electron chi connectivity index (χ1n) is 3.56. The van der Waals surface area contributed by atoms with Crippen molar-refractivity contribution < 1.29 is 14.9 Å². The van der Waals surface area contributed by atoms with Crippen LogP contribution in [-0.2, 0) is 0 Å². The maximum absolute atomic E-state index is 9.05. The minimum Gasteiger partial charge on any atom is -0.447 e. The van der Waals surface area contributed by atoms with Crippen molar-refractivity contribution in [2.24, 2.45) is 0 Å². The van der Waals surface area contributed by atoms with Gasteiger partial charge < -0.3 is 14.9 Å². The van der Waals surface area contributed by atoms with Crippen molar-refractivity contribution in [1.82, 2.24) is 10.2 Å². The third-order valence-corrected chi connectivity index (χ3v) is 1.18. The molecule has 0 amide bonds. The monoisotopic (exact) mass is 170 g/mol. The average molecular weight is 170 g/mol. The topological polar surface area (TPSA) is 75.5 Å². The lowest BCUT2D eigenvalue weighted by Gasteiger charge is -2.09. The van der Waals surface area contributed by atoms with E-state index in [2.05, 4.69) is 10.2 Å². The molecule has 1 aromatic rings. The third kappa shape index (κ3) is 2.81. The Morgan fingerprint density at radius 1 is 1.58 bits per heavy atom. The van der Waals surface area contributed by atoms with E-state index in [9.17, 15) is 0 Å². The zero-order chi connectivity index (χ0) is 8.81. The fourth-order valence-corrected chi connectivity index (χ4v) is 0.659. The largest absolute Gasteiger partial charge is 0.447 e. The fraction of sp³-hybridized carbons (Fsp3) is 0.429. The Balaban J connectivity index is 2.41. The van der Waals surface area contributed by atoms with Crippen LogP contribution in [0.4, 0.5) is 0 Å². The van der Waals surface area contributed by atoms with Gasteiger partial charge in [0.25, 0.3) is 0 Å². The standard InChI is InChI=1S/C7H10N2O3/c10-5-3-7(11)12-6-2-1-4-8-9-6/h1-2,4,7,10-11H,3,5H2. The zero-order valence-corrected chi connectivity index (χ0v) is 6.42. The van der Waals surface area contributed by atoms with E-state index >= 15 is 0 Å². The smallest absolute Gasteiger partial charge is 0.235 e. The van der Waals surface area contributed by atoms with Gasteiger partial charge >= 0.3 is 0 Å². The summed E-state index contributed by atoms with van der Waals surface area (Å²) in [5.41, 5.74) is 0. The summed E-state index contributed by atoms with van der Waals surface area (Å²) in [5, 5.41) is 24.6. The first-order valence-corrected chi connectivity index (χ1v) is 3.56. The Labute approximate surface area is 69.6 Å². The average Bonchev–Trinajstić information content (AvgIpc) is 2.06. The molecule has 1 rings (SSSR count). The van der Waals surface area contributed by atoms with Crippen molar-refractivity contribution in [2.75, 3.05) is 6.61 Å². The summed E-state index contributed by atoms with van der Waals surface area (Å²) in [6, 6.07) is 3.22. The zero-order valence-electron chi connectivity index (χ0n) is 6.42. The predicted molar refractivity (Wildman–Crippen MR) is 40.4 cm³/mol. The van der Waals surface area contributed by atoms with Crippen molar-refractivity contribution >= 4 is 0 Å². The van der Waals surface area contributed by atoms with Crippen LogP contribution in [0.3, 0.4) is 0 Å². The van der Waals surface area contributed by atoms with E-state index in [1.54, 1.807) is 12.1 Å². The number of aromatic nitrogens is 2. The van der Waals surface area contributed by atoms with Crippen molar-refractivity contribution in [1.29, 1.82) is 0 Å². The maximum Gasteiger partial charge on any atom is 0.235 e. The Morgan fingerprint density at radius 2 is 2.42 bits per heavy atom. The summed E-state index contributed by atoms with van der Waals surface area (Å²) in [5.74, 6) is 0.249. The van der Waals surface area contributed by atoms with E-state index in [4.69, 9.17) is 14.9 Å². The van der Waals surface area contributed by atoms with Gasteiger partial charge in [-0.2, -0.15) is 5.10 Å². The minimum absolute atomic E-state index is 0.124. The van der Waals surface area contributed by atoms with Crippen LogP contribution in [0.15, 0.2) is 18.3 Å². The van der Waals surface area contributed by atoms with Gasteiger partial charge in [-0.05, 0) is 6.07 Å². The van der Waals surface area contributed by atoms with Gasteiger partial charge in [0.2, 0.25) is 12.2 Å². The van der Waals surface area contributed by atoms with Gasteiger partial charge in [-0.3, -0.25) is 0 Å². The molecule has 0 spiro atoms. The second-order valence-electron chi connectivity index (χ2n) is 2.15. The van der Waals surface area contributed by atoms with E-state index in [0.29, 0.717) is 0 Å². The van der Waals surface area contributed by atoms with Gasteiger partial charge in [-0.25, -0.2) is 0 Å². The van der Waals surface area contributed by atoms with Gasteiger partial charge in [0, 0.05) is 25.3 Å². The van der Waals surface area contributed by atoms with Crippen LogP contribution in [0.1, 0.15) is 6.42 Å². The molecule has 0 saturated carbocycles. The summed E-state index contributed by atoms with van der Waals surface area (Å²) in [4.78, 5) is 0. The summed E-state index contributed by atoms with van der Waals surface area (Å²) in [7, 11) is 0. The molecular weight excluding hydrogens is 160 g/mol. The van der Waals surface area contributed by atoms with Gasteiger partial charge in [-0.15, -0.1) is 5.10 Å². The molecule has 0 bridgehead atoms. The highest BCUT2D eigenvalue weighted by Gasteiger charge is 2.04. The predicted octanol–water partition coefficient (Wildman–Crippen LogP) is -0.444. The Morgan fingerprint density at radius 3 is 3.00 bits per heavy atom. The number of hydrogen-bond donors (Lipinski definition) is 2. The summed E-state index contributed by atoms with van der Waals surface area (Å²) < 4.78 is 4.88. The third-order valence-electron chi connectivity index (χ3n) is 1.18. The van der Waals surface area contributed by atoms with Crippen LogP contribution in [0.2, 0.25) is 0 Å². The number of aliphatic hydroxyl groups is 2. The number of nitrogens with zero attached hydrogens (tertiary/aromatic N) is 2. The fourth-order valence-electron chi connectivity index (χ4n) is 0.659. The van der Waals surface area contributed by atoms with Crippen molar-refractivity contribution in [3.05, 3.63) is 18.3 Å². The molecule has 5 heteroatoms. The second kappa shape index (κ2) is 4.63. The first-order chi connectivity index (χ1) is 5.83. The number of ether oxygens (including phenoxy) is 1. The molecule has 0 fully saturated rings. The van der Waals surface area contributed by atoms with Crippen LogP contribution < -0.4 is 4.74 Å². The number of rotatable bonds is 4. The summed E-state index contributed by atoms with van der Waals surface area (Å²) in [6.07, 6.45) is 0.647. The molecule has 0 aromatic carbocycles. The molecule has 1 atom stereocenters. The van der Waals surface area contributed by atoms with Crippen molar-refractivity contribution in [3.8, 4) is 5.88 Å². The van der Waals surface area contributed by atoms with E-state index in [1.807, 2.05) is 0 Å². The highest BCUT2D eigenvalue weighted by atomic mass is 16.6. The lowest BCUT2D eigenvalue weighted by Crippen LogP contribution is -2.17. The SMILES string of the molecule is OCCC(O)Oc1cccnn1. The summed E-state index contributed by atoms with van der Waals surface area (Å²) >= 11 is 0. The number of aliphatic hydroxyl groups excluding tert-OH is 2. The highest BCUT2D eigenvalue weighted by Crippen LogP contribution is 2.04. The maximum atomic E-state index is 9.05. The normalized spacial score (nSPS) is 12.5. The van der Waals surface area contributed by atoms with Gasteiger partial charge in [0.05, 0.1) is 0 Å². The molecule has 1 unspecified atom stereocenters. The van der Waals surface area contributed by atoms with Crippen LogP contribution in [0, 0.1) is 0 Å². The van der Waals surface area contributed by atoms with Crippen LogP contribution >= 0.6 is 0 Å². The van der Waals surface area contributed by atoms with Gasteiger partial charge in [0.15, 0.2) is 0 Å². The van der Waals surface area contributed by atoms with E-state index in [1.165, 1.54) is 6.20 Å². The molecule has 66 valence electrons. The van der Waals surface area contributed by atoms with Crippen LogP contribution in [0.5, 0.6) is 5.88 Å². The number of hydrogen-bond acceptors (Lipinski definition) is 5. The van der Waals surface area contributed by atoms with Crippen LogP contribution in [-0.4, -0.2) is 33.3 Å². The Hall–Kier alpha value is -1.20. The molecule has 1 aromatic heterocycles. The van der Waals surface area contributed by atoms with Crippen molar-refractivity contribution in [3.63, 3.8) is 0 Å².